The Morgan fingerprint density at radius 1 is 1.00 bits per heavy atom. The van der Waals surface area contributed by atoms with E-state index in [1.165, 1.54) is 20.2 Å². The van der Waals surface area contributed by atoms with Crippen LogP contribution in [0.1, 0.15) is 34.0 Å². The van der Waals surface area contributed by atoms with Gasteiger partial charge in [-0.05, 0) is 62.6 Å². The second-order valence-electron chi connectivity index (χ2n) is 7.39. The topological polar surface area (TPSA) is 96.0 Å². The predicted octanol–water partition coefficient (Wildman–Crippen LogP) is 3.04. The summed E-state index contributed by atoms with van der Waals surface area (Å²) in [5.41, 5.74) is 3.48. The van der Waals surface area contributed by atoms with Crippen LogP contribution >= 0.6 is 0 Å². The molecule has 1 N–H and O–H groups in total. The average molecular weight is 448 g/mol. The Morgan fingerprint density at radius 3 is 2.26 bits per heavy atom. The lowest BCUT2D eigenvalue weighted by Gasteiger charge is -2.28. The van der Waals surface area contributed by atoms with Crippen molar-refractivity contribution < 1.29 is 22.7 Å². The number of nitrogens with zero attached hydrogens (tertiary/aromatic N) is 2. The van der Waals surface area contributed by atoms with E-state index in [0.717, 1.165) is 25.3 Å². The number of carbonyl (C=O) groups excluding carboxylic acids is 2. The summed E-state index contributed by atoms with van der Waals surface area (Å²) in [6.07, 6.45) is 0. The van der Waals surface area contributed by atoms with Gasteiger partial charge in [0, 0.05) is 19.8 Å². The zero-order valence-electron chi connectivity index (χ0n) is 18.7. The van der Waals surface area contributed by atoms with E-state index in [4.69, 9.17) is 4.74 Å². The maximum absolute atomic E-state index is 13.0. The van der Waals surface area contributed by atoms with Crippen molar-refractivity contribution in [3.63, 3.8) is 0 Å². The van der Waals surface area contributed by atoms with Crippen molar-refractivity contribution in [2.45, 2.75) is 27.7 Å². The van der Waals surface area contributed by atoms with Crippen LogP contribution in [0.15, 0.2) is 36.4 Å². The minimum absolute atomic E-state index is 0.238. The average Bonchev–Trinajstić information content (AvgIpc) is 2.69. The standard InChI is InChI=1S/C22H29N3O5S/c1-7-30-22(27)18-11-10-16(3)19(13-18)23-21(26)14-25(31(28,29)24(5)6)20-12-15(2)8-9-17(20)4/h8-13H,7,14H2,1-6H3,(H,23,26). The van der Waals surface area contributed by atoms with Crippen LogP contribution in [0.2, 0.25) is 0 Å². The molecule has 0 atom stereocenters. The van der Waals surface area contributed by atoms with Gasteiger partial charge in [0.25, 0.3) is 0 Å². The fourth-order valence-corrected chi connectivity index (χ4v) is 4.01. The predicted molar refractivity (Wildman–Crippen MR) is 122 cm³/mol. The lowest BCUT2D eigenvalue weighted by Crippen LogP contribution is -2.44. The number of nitrogens with one attached hydrogen (secondary N) is 1. The number of hydrogen-bond acceptors (Lipinski definition) is 5. The SMILES string of the molecule is CCOC(=O)c1ccc(C)c(NC(=O)CN(c2cc(C)ccc2C)S(=O)(=O)N(C)C)c1. The number of rotatable bonds is 8. The fraction of sp³-hybridized carbons (Fsp3) is 0.364. The van der Waals surface area contributed by atoms with Gasteiger partial charge in [0.05, 0.1) is 17.9 Å². The molecular formula is C22H29N3O5S. The van der Waals surface area contributed by atoms with Gasteiger partial charge in [-0.15, -0.1) is 0 Å². The summed E-state index contributed by atoms with van der Waals surface area (Å²) in [6, 6.07) is 10.3. The molecule has 2 rings (SSSR count). The Balaban J connectivity index is 2.36. The normalized spacial score (nSPS) is 11.3. The largest absolute Gasteiger partial charge is 0.462 e. The Labute approximate surface area is 184 Å². The minimum atomic E-state index is -3.93. The van der Waals surface area contributed by atoms with Crippen molar-refractivity contribution in [2.75, 3.05) is 36.9 Å². The maximum Gasteiger partial charge on any atom is 0.338 e. The van der Waals surface area contributed by atoms with Gasteiger partial charge >= 0.3 is 16.2 Å². The Hall–Kier alpha value is -2.91. The van der Waals surface area contributed by atoms with E-state index in [1.807, 2.05) is 19.1 Å². The molecule has 0 radical (unpaired) electrons. The highest BCUT2D eigenvalue weighted by atomic mass is 32.2. The van der Waals surface area contributed by atoms with E-state index < -0.39 is 28.6 Å². The second kappa shape index (κ2) is 9.93. The smallest absolute Gasteiger partial charge is 0.338 e. The van der Waals surface area contributed by atoms with E-state index in [9.17, 15) is 18.0 Å². The molecule has 0 saturated carbocycles. The molecule has 0 bridgehead atoms. The number of carbonyl (C=O) groups is 2. The molecule has 2 aromatic carbocycles. The lowest BCUT2D eigenvalue weighted by molar-refractivity contribution is -0.114. The summed E-state index contributed by atoms with van der Waals surface area (Å²) in [5.74, 6) is -1.03. The summed E-state index contributed by atoms with van der Waals surface area (Å²) in [4.78, 5) is 24.9. The fourth-order valence-electron chi connectivity index (χ4n) is 2.89. The second-order valence-corrected chi connectivity index (χ2v) is 9.45. The molecule has 168 valence electrons. The molecule has 2 aromatic rings. The number of anilines is 2. The Kier molecular flexibility index (Phi) is 7.80. The molecule has 0 heterocycles. The van der Waals surface area contributed by atoms with Gasteiger partial charge < -0.3 is 10.1 Å². The van der Waals surface area contributed by atoms with E-state index in [0.29, 0.717) is 16.9 Å². The van der Waals surface area contributed by atoms with Crippen LogP contribution < -0.4 is 9.62 Å². The third-order valence-corrected chi connectivity index (χ3v) is 6.49. The van der Waals surface area contributed by atoms with Gasteiger partial charge in [0.2, 0.25) is 5.91 Å². The molecule has 8 nitrogen and oxygen atoms in total. The van der Waals surface area contributed by atoms with Gasteiger partial charge in [-0.3, -0.25) is 4.79 Å². The third kappa shape index (κ3) is 5.83. The first-order valence-corrected chi connectivity index (χ1v) is 11.2. The number of aryl methyl sites for hydroxylation is 3. The van der Waals surface area contributed by atoms with Gasteiger partial charge in [-0.1, -0.05) is 18.2 Å². The van der Waals surface area contributed by atoms with Gasteiger partial charge in [-0.2, -0.15) is 12.7 Å². The van der Waals surface area contributed by atoms with Crippen LogP contribution in [0.4, 0.5) is 11.4 Å². The van der Waals surface area contributed by atoms with Crippen molar-refractivity contribution in [1.82, 2.24) is 4.31 Å². The first-order chi connectivity index (χ1) is 14.5. The van der Waals surface area contributed by atoms with E-state index in [-0.39, 0.29) is 6.61 Å². The van der Waals surface area contributed by atoms with Crippen molar-refractivity contribution in [3.05, 3.63) is 58.7 Å². The first kappa shape index (κ1) is 24.4. The highest BCUT2D eigenvalue weighted by Gasteiger charge is 2.28. The zero-order chi connectivity index (χ0) is 23.3. The summed E-state index contributed by atoms with van der Waals surface area (Å²) in [5, 5.41) is 2.72. The molecule has 0 aliphatic heterocycles. The molecule has 0 unspecified atom stereocenters. The van der Waals surface area contributed by atoms with Crippen molar-refractivity contribution in [2.24, 2.45) is 0 Å². The number of amides is 1. The summed E-state index contributed by atoms with van der Waals surface area (Å²) < 4.78 is 33.1. The third-order valence-electron chi connectivity index (χ3n) is 4.68. The van der Waals surface area contributed by atoms with Crippen LogP contribution in [0, 0.1) is 20.8 Å². The molecule has 0 fully saturated rings. The van der Waals surface area contributed by atoms with E-state index in [2.05, 4.69) is 5.32 Å². The summed E-state index contributed by atoms with van der Waals surface area (Å²) >= 11 is 0. The minimum Gasteiger partial charge on any atom is -0.462 e. The van der Waals surface area contributed by atoms with E-state index in [1.54, 1.807) is 39.0 Å². The molecule has 0 spiro atoms. The highest BCUT2D eigenvalue weighted by Crippen LogP contribution is 2.26. The number of hydrogen-bond donors (Lipinski definition) is 1. The monoisotopic (exact) mass is 447 g/mol. The highest BCUT2D eigenvalue weighted by molar-refractivity contribution is 7.90. The zero-order valence-corrected chi connectivity index (χ0v) is 19.5. The molecule has 1 amide bonds. The maximum atomic E-state index is 13.0. The van der Waals surface area contributed by atoms with Crippen LogP contribution in [0.25, 0.3) is 0 Å². The van der Waals surface area contributed by atoms with Crippen LogP contribution in [0.5, 0.6) is 0 Å². The van der Waals surface area contributed by atoms with Crippen molar-refractivity contribution >= 4 is 33.5 Å². The van der Waals surface area contributed by atoms with Crippen LogP contribution in [-0.2, 0) is 19.7 Å². The lowest BCUT2D eigenvalue weighted by atomic mass is 10.1. The Bertz CT molecular complexity index is 1080. The molecular weight excluding hydrogens is 418 g/mol. The summed E-state index contributed by atoms with van der Waals surface area (Å²) in [7, 11) is -1.10. The van der Waals surface area contributed by atoms with Gasteiger partial charge in [0.1, 0.15) is 6.54 Å². The van der Waals surface area contributed by atoms with Gasteiger partial charge in [-0.25, -0.2) is 9.10 Å². The van der Waals surface area contributed by atoms with Crippen LogP contribution in [0.3, 0.4) is 0 Å². The van der Waals surface area contributed by atoms with Crippen LogP contribution in [-0.4, -0.2) is 51.8 Å². The first-order valence-electron chi connectivity index (χ1n) is 9.82. The Morgan fingerprint density at radius 2 is 1.65 bits per heavy atom. The molecule has 0 aromatic heterocycles. The molecule has 0 aliphatic rings. The van der Waals surface area contributed by atoms with Gasteiger partial charge in [0.15, 0.2) is 0 Å². The van der Waals surface area contributed by atoms with Crippen molar-refractivity contribution in [1.29, 1.82) is 0 Å². The van der Waals surface area contributed by atoms with E-state index >= 15 is 0 Å². The molecule has 31 heavy (non-hydrogen) atoms. The summed E-state index contributed by atoms with van der Waals surface area (Å²) in [6.45, 7) is 6.95. The molecule has 9 heteroatoms. The molecule has 0 aliphatic carbocycles. The number of esters is 1. The number of ether oxygens (including phenoxy) is 1. The molecule has 0 saturated heterocycles. The van der Waals surface area contributed by atoms with Crippen molar-refractivity contribution in [3.8, 4) is 0 Å². The quantitative estimate of drug-likeness (QED) is 0.628. The number of benzene rings is 2.